The van der Waals surface area contributed by atoms with Crippen LogP contribution >= 0.6 is 0 Å². The van der Waals surface area contributed by atoms with Crippen molar-refractivity contribution in [1.82, 2.24) is 10.2 Å². The minimum atomic E-state index is -0.386. The molecule has 0 bridgehead atoms. The number of anilines is 1. The van der Waals surface area contributed by atoms with Crippen molar-refractivity contribution < 1.29 is 19.1 Å². The van der Waals surface area contributed by atoms with E-state index in [0.717, 1.165) is 18.4 Å². The van der Waals surface area contributed by atoms with Crippen molar-refractivity contribution in [1.29, 1.82) is 0 Å². The van der Waals surface area contributed by atoms with Gasteiger partial charge in [-0.05, 0) is 61.2 Å². The Morgan fingerprint density at radius 2 is 1.76 bits per heavy atom. The zero-order chi connectivity index (χ0) is 24.2. The Balaban J connectivity index is 1.92. The van der Waals surface area contributed by atoms with Gasteiger partial charge in [0.05, 0.1) is 19.7 Å². The number of benzene rings is 2. The molecule has 33 heavy (non-hydrogen) atoms. The quantitative estimate of drug-likeness (QED) is 0.475. The molecule has 0 fully saturated rings. The molecule has 7 nitrogen and oxygen atoms in total. The fourth-order valence-electron chi connectivity index (χ4n) is 3.21. The van der Waals surface area contributed by atoms with Crippen LogP contribution in [-0.4, -0.2) is 48.9 Å². The lowest BCUT2D eigenvalue weighted by molar-refractivity contribution is -0.124. The molecule has 178 valence electrons. The number of hydrogen-bond donors (Lipinski definition) is 2. The molecule has 0 saturated carbocycles. The molecule has 0 unspecified atom stereocenters. The summed E-state index contributed by atoms with van der Waals surface area (Å²) in [5, 5.41) is 5.35. The molecule has 0 aliphatic heterocycles. The van der Waals surface area contributed by atoms with E-state index in [-0.39, 0.29) is 36.7 Å². The predicted molar refractivity (Wildman–Crippen MR) is 130 cm³/mol. The third-order valence-electron chi connectivity index (χ3n) is 4.82. The highest BCUT2D eigenvalue weighted by molar-refractivity contribution is 5.98. The Hall–Kier alpha value is -3.35. The van der Waals surface area contributed by atoms with Crippen LogP contribution in [0.5, 0.6) is 5.75 Å². The SMILES string of the molecule is CCCCOc1ccc(C(=O)N(CC(=O)NCC(=O)Nc2cccc(C)c2)CC(C)C)cc1. The van der Waals surface area contributed by atoms with Gasteiger partial charge in [0, 0.05) is 17.8 Å². The molecule has 3 amide bonds. The van der Waals surface area contributed by atoms with Crippen LogP contribution in [0.4, 0.5) is 5.69 Å². The van der Waals surface area contributed by atoms with E-state index in [1.165, 1.54) is 4.90 Å². The summed E-state index contributed by atoms with van der Waals surface area (Å²) in [6.45, 7) is 8.78. The molecular formula is C26H35N3O4. The van der Waals surface area contributed by atoms with Crippen LogP contribution < -0.4 is 15.4 Å². The number of nitrogens with zero attached hydrogens (tertiary/aromatic N) is 1. The third-order valence-corrected chi connectivity index (χ3v) is 4.82. The maximum Gasteiger partial charge on any atom is 0.254 e. The average Bonchev–Trinajstić information content (AvgIpc) is 2.77. The fraction of sp³-hybridized carbons (Fsp3) is 0.423. The number of carbonyl (C=O) groups excluding carboxylic acids is 3. The Kier molecular flexibility index (Phi) is 10.4. The number of ether oxygens (including phenoxy) is 1. The van der Waals surface area contributed by atoms with Gasteiger partial charge in [0.25, 0.3) is 5.91 Å². The number of unbranched alkanes of at least 4 members (excludes halogenated alkanes) is 1. The van der Waals surface area contributed by atoms with E-state index in [9.17, 15) is 14.4 Å². The Morgan fingerprint density at radius 1 is 1.03 bits per heavy atom. The van der Waals surface area contributed by atoms with Crippen LogP contribution in [0.15, 0.2) is 48.5 Å². The maximum absolute atomic E-state index is 13.0. The van der Waals surface area contributed by atoms with E-state index >= 15 is 0 Å². The molecular weight excluding hydrogens is 418 g/mol. The van der Waals surface area contributed by atoms with Crippen molar-refractivity contribution in [3.63, 3.8) is 0 Å². The lowest BCUT2D eigenvalue weighted by atomic mass is 10.1. The molecule has 2 aromatic rings. The molecule has 7 heteroatoms. The second-order valence-corrected chi connectivity index (χ2v) is 8.50. The standard InChI is InChI=1S/C26H35N3O4/c1-5-6-14-33-23-12-10-21(11-13-23)26(32)29(17-19(2)3)18-25(31)27-16-24(30)28-22-9-7-8-20(4)15-22/h7-13,15,19H,5-6,14,16-18H2,1-4H3,(H,27,31)(H,28,30). The lowest BCUT2D eigenvalue weighted by Gasteiger charge is -2.24. The molecule has 0 atom stereocenters. The Bertz CT molecular complexity index is 925. The van der Waals surface area contributed by atoms with Crippen LogP contribution in [0.1, 0.15) is 49.5 Å². The zero-order valence-electron chi connectivity index (χ0n) is 20.0. The smallest absolute Gasteiger partial charge is 0.254 e. The molecule has 0 heterocycles. The van der Waals surface area contributed by atoms with Gasteiger partial charge in [-0.25, -0.2) is 0 Å². The zero-order valence-corrected chi connectivity index (χ0v) is 20.0. The van der Waals surface area contributed by atoms with Gasteiger partial charge in [0.1, 0.15) is 5.75 Å². The fourth-order valence-corrected chi connectivity index (χ4v) is 3.21. The van der Waals surface area contributed by atoms with Gasteiger partial charge < -0.3 is 20.3 Å². The molecule has 0 saturated heterocycles. The highest BCUT2D eigenvalue weighted by Crippen LogP contribution is 2.15. The highest BCUT2D eigenvalue weighted by atomic mass is 16.5. The first-order valence-electron chi connectivity index (χ1n) is 11.4. The number of rotatable bonds is 12. The largest absolute Gasteiger partial charge is 0.494 e. The average molecular weight is 454 g/mol. The van der Waals surface area contributed by atoms with Gasteiger partial charge in [-0.15, -0.1) is 0 Å². The van der Waals surface area contributed by atoms with Gasteiger partial charge >= 0.3 is 0 Å². The van der Waals surface area contributed by atoms with E-state index in [1.807, 2.05) is 39.0 Å². The van der Waals surface area contributed by atoms with Crippen molar-refractivity contribution in [3.05, 3.63) is 59.7 Å². The third kappa shape index (κ3) is 9.35. The second kappa shape index (κ2) is 13.3. The first kappa shape index (κ1) is 25.9. The molecule has 0 aromatic heterocycles. The molecule has 0 aliphatic rings. The number of carbonyl (C=O) groups is 3. The lowest BCUT2D eigenvalue weighted by Crippen LogP contribution is -2.44. The summed E-state index contributed by atoms with van der Waals surface area (Å²) >= 11 is 0. The van der Waals surface area contributed by atoms with Crippen molar-refractivity contribution >= 4 is 23.4 Å². The van der Waals surface area contributed by atoms with Crippen molar-refractivity contribution in [2.75, 3.05) is 31.6 Å². The van der Waals surface area contributed by atoms with Gasteiger partial charge in [-0.1, -0.05) is 39.3 Å². The second-order valence-electron chi connectivity index (χ2n) is 8.50. The van der Waals surface area contributed by atoms with Crippen LogP contribution in [-0.2, 0) is 9.59 Å². The molecule has 2 N–H and O–H groups in total. The highest BCUT2D eigenvalue weighted by Gasteiger charge is 2.20. The minimum Gasteiger partial charge on any atom is -0.494 e. The molecule has 0 spiro atoms. The van der Waals surface area contributed by atoms with E-state index in [4.69, 9.17) is 4.74 Å². The van der Waals surface area contributed by atoms with Crippen molar-refractivity contribution in [3.8, 4) is 5.75 Å². The molecule has 0 aliphatic carbocycles. The summed E-state index contributed by atoms with van der Waals surface area (Å²) in [5.41, 5.74) is 2.19. The predicted octanol–water partition coefficient (Wildman–Crippen LogP) is 4.03. The summed E-state index contributed by atoms with van der Waals surface area (Å²) in [4.78, 5) is 39.2. The molecule has 0 radical (unpaired) electrons. The van der Waals surface area contributed by atoms with Gasteiger partial charge in [-0.2, -0.15) is 0 Å². The van der Waals surface area contributed by atoms with Gasteiger partial charge in [-0.3, -0.25) is 14.4 Å². The van der Waals surface area contributed by atoms with Crippen LogP contribution in [0.25, 0.3) is 0 Å². The first-order valence-corrected chi connectivity index (χ1v) is 11.4. The minimum absolute atomic E-state index is 0.122. The Morgan fingerprint density at radius 3 is 2.39 bits per heavy atom. The van der Waals surface area contributed by atoms with Crippen molar-refractivity contribution in [2.24, 2.45) is 5.92 Å². The van der Waals surface area contributed by atoms with E-state index in [0.29, 0.717) is 30.2 Å². The van der Waals surface area contributed by atoms with Crippen LogP contribution in [0.2, 0.25) is 0 Å². The first-order chi connectivity index (χ1) is 15.8. The molecule has 2 rings (SSSR count). The van der Waals surface area contributed by atoms with Gasteiger partial charge in [0.15, 0.2) is 0 Å². The normalized spacial score (nSPS) is 10.6. The summed E-state index contributed by atoms with van der Waals surface area (Å²) in [5.74, 6) is -0.0452. The van der Waals surface area contributed by atoms with E-state index in [1.54, 1.807) is 30.3 Å². The Labute approximate surface area is 196 Å². The molecule has 2 aromatic carbocycles. The topological polar surface area (TPSA) is 87.7 Å². The number of hydrogen-bond acceptors (Lipinski definition) is 4. The number of amides is 3. The van der Waals surface area contributed by atoms with Crippen LogP contribution in [0, 0.1) is 12.8 Å². The summed E-state index contributed by atoms with van der Waals surface area (Å²) < 4.78 is 5.65. The summed E-state index contributed by atoms with van der Waals surface area (Å²) in [6.07, 6.45) is 2.03. The summed E-state index contributed by atoms with van der Waals surface area (Å²) in [7, 11) is 0. The monoisotopic (exact) mass is 453 g/mol. The maximum atomic E-state index is 13.0. The van der Waals surface area contributed by atoms with E-state index in [2.05, 4.69) is 17.6 Å². The van der Waals surface area contributed by atoms with Gasteiger partial charge in [0.2, 0.25) is 11.8 Å². The number of nitrogens with one attached hydrogen (secondary N) is 2. The van der Waals surface area contributed by atoms with Crippen LogP contribution in [0.3, 0.4) is 0 Å². The van der Waals surface area contributed by atoms with Crippen molar-refractivity contribution in [2.45, 2.75) is 40.5 Å². The summed E-state index contributed by atoms with van der Waals surface area (Å²) in [6, 6.07) is 14.4. The van der Waals surface area contributed by atoms with E-state index < -0.39 is 0 Å². The number of aryl methyl sites for hydroxylation is 1.